The summed E-state index contributed by atoms with van der Waals surface area (Å²) < 4.78 is 42.4. The topological polar surface area (TPSA) is 159 Å². The van der Waals surface area contributed by atoms with Crippen molar-refractivity contribution < 1.29 is 61.9 Å². The van der Waals surface area contributed by atoms with Crippen LogP contribution in [-0.2, 0) is 30.2 Å². The summed E-state index contributed by atoms with van der Waals surface area (Å²) in [7, 11) is 1.40. The fourth-order valence-corrected chi connectivity index (χ4v) is 3.52. The molecule has 0 heterocycles. The van der Waals surface area contributed by atoms with Gasteiger partial charge in [0.2, 0.25) is 6.10 Å². The van der Waals surface area contributed by atoms with Crippen LogP contribution in [0.1, 0.15) is 85.2 Å². The third kappa shape index (κ3) is 13.0. The first-order chi connectivity index (χ1) is 21.0. The van der Waals surface area contributed by atoms with Crippen molar-refractivity contribution in [2.75, 3.05) is 7.11 Å². The van der Waals surface area contributed by atoms with Crippen LogP contribution in [0.15, 0.2) is 36.4 Å². The molecule has 1 unspecified atom stereocenters. The Balaban J connectivity index is 2.50. The minimum atomic E-state index is -1.62. The maximum Gasteiger partial charge on any atom is 0.514 e. The van der Waals surface area contributed by atoms with E-state index in [1.807, 2.05) is 0 Å². The fourth-order valence-electron chi connectivity index (χ4n) is 3.52. The Morgan fingerprint density at radius 2 is 1.15 bits per heavy atom. The van der Waals surface area contributed by atoms with Crippen LogP contribution >= 0.6 is 0 Å². The zero-order valence-electron chi connectivity index (χ0n) is 28.1. The Hall–Kier alpha value is -4.81. The number of esters is 1. The van der Waals surface area contributed by atoms with Crippen molar-refractivity contribution in [1.82, 2.24) is 0 Å². The van der Waals surface area contributed by atoms with E-state index in [0.717, 1.165) is 0 Å². The van der Waals surface area contributed by atoms with Crippen LogP contribution in [-0.4, -0.2) is 60.2 Å². The highest BCUT2D eigenvalue weighted by Crippen LogP contribution is 2.32. The largest absolute Gasteiger partial charge is 0.514 e. The molecular weight excluding hydrogens is 604 g/mol. The molecule has 0 amide bonds. The van der Waals surface area contributed by atoms with E-state index in [1.165, 1.54) is 50.4 Å². The number of ether oxygens (including phenoxy) is 8. The van der Waals surface area contributed by atoms with Gasteiger partial charge in [0.25, 0.3) is 0 Å². The summed E-state index contributed by atoms with van der Waals surface area (Å²) in [5, 5.41) is 0. The molecule has 2 aromatic carbocycles. The second-order valence-electron chi connectivity index (χ2n) is 13.0. The van der Waals surface area contributed by atoms with E-state index in [4.69, 9.17) is 37.9 Å². The van der Waals surface area contributed by atoms with Gasteiger partial charge in [-0.3, -0.25) is 4.79 Å². The monoisotopic (exact) mass is 646 g/mol. The number of Topliss-reactive ketones (excluding diaryl/α,β-unsaturated/α-hetero) is 1. The summed E-state index contributed by atoms with van der Waals surface area (Å²) in [4.78, 5) is 63.2. The molecule has 0 fully saturated rings. The molecule has 252 valence electrons. The number of ketones is 1. The predicted molar refractivity (Wildman–Crippen MR) is 164 cm³/mol. The normalized spacial score (nSPS) is 12.2. The van der Waals surface area contributed by atoms with Gasteiger partial charge in [-0.1, -0.05) is 6.07 Å². The number of carbonyl (C=O) groups is 5. The van der Waals surface area contributed by atoms with Crippen molar-refractivity contribution in [2.45, 2.75) is 98.6 Å². The van der Waals surface area contributed by atoms with Crippen molar-refractivity contribution in [3.63, 3.8) is 0 Å². The molecule has 13 heteroatoms. The molecule has 0 aromatic heterocycles. The van der Waals surface area contributed by atoms with Gasteiger partial charge in [0.05, 0.1) is 12.7 Å². The van der Waals surface area contributed by atoms with E-state index in [1.54, 1.807) is 62.3 Å². The first-order valence-corrected chi connectivity index (χ1v) is 14.3. The van der Waals surface area contributed by atoms with Gasteiger partial charge in [0.1, 0.15) is 28.3 Å². The number of hydrogen-bond acceptors (Lipinski definition) is 13. The third-order valence-electron chi connectivity index (χ3n) is 5.26. The van der Waals surface area contributed by atoms with Crippen LogP contribution in [0.25, 0.3) is 0 Å². The van der Waals surface area contributed by atoms with Crippen molar-refractivity contribution in [2.24, 2.45) is 0 Å². The summed E-state index contributed by atoms with van der Waals surface area (Å²) >= 11 is 0. The molecule has 46 heavy (non-hydrogen) atoms. The van der Waals surface area contributed by atoms with Gasteiger partial charge in [-0.15, -0.1) is 0 Å². The van der Waals surface area contributed by atoms with Crippen LogP contribution < -0.4 is 18.9 Å². The summed E-state index contributed by atoms with van der Waals surface area (Å²) in [6, 6.07) is 8.31. The van der Waals surface area contributed by atoms with E-state index in [-0.39, 0.29) is 40.6 Å². The van der Waals surface area contributed by atoms with E-state index in [9.17, 15) is 24.0 Å². The number of carbonyl (C=O) groups excluding carboxylic acids is 5. The molecule has 1 atom stereocenters. The lowest BCUT2D eigenvalue weighted by Crippen LogP contribution is -2.35. The van der Waals surface area contributed by atoms with E-state index in [2.05, 4.69) is 0 Å². The van der Waals surface area contributed by atoms with Crippen molar-refractivity contribution in [3.05, 3.63) is 47.5 Å². The lowest BCUT2D eigenvalue weighted by atomic mass is 10.1. The summed E-state index contributed by atoms with van der Waals surface area (Å²) in [5.41, 5.74) is -2.37. The highest BCUT2D eigenvalue weighted by molar-refractivity contribution is 5.98. The van der Waals surface area contributed by atoms with Crippen LogP contribution in [0.2, 0.25) is 0 Å². The van der Waals surface area contributed by atoms with Crippen LogP contribution in [0.5, 0.6) is 23.0 Å². The first-order valence-electron chi connectivity index (χ1n) is 14.3. The Kier molecular flexibility index (Phi) is 12.2. The Morgan fingerprint density at radius 1 is 0.630 bits per heavy atom. The van der Waals surface area contributed by atoms with Crippen molar-refractivity contribution in [3.8, 4) is 23.0 Å². The molecule has 0 aliphatic carbocycles. The van der Waals surface area contributed by atoms with Crippen LogP contribution in [0.3, 0.4) is 0 Å². The average Bonchev–Trinajstić information content (AvgIpc) is 2.86. The molecule has 13 nitrogen and oxygen atoms in total. The van der Waals surface area contributed by atoms with Crippen molar-refractivity contribution >= 4 is 30.2 Å². The molecule has 0 saturated carbocycles. The van der Waals surface area contributed by atoms with Gasteiger partial charge in [-0.25, -0.2) is 19.2 Å². The van der Waals surface area contributed by atoms with Gasteiger partial charge in [-0.05, 0) is 99.1 Å². The average molecular weight is 647 g/mol. The van der Waals surface area contributed by atoms with E-state index < -0.39 is 47.3 Å². The van der Waals surface area contributed by atoms with Gasteiger partial charge in [0.15, 0.2) is 17.3 Å². The molecule has 2 rings (SSSR count). The predicted octanol–water partition coefficient (Wildman–Crippen LogP) is 6.99. The SMILES string of the molecule is COc1ccc(C(C)=O)c(OC(=O)C(Cc2ccc(OC(=O)OC(C)(C)C)c(OC(=O)OC(C)(C)C)c2)OC(=O)OC(C)(C)C)c1. The highest BCUT2D eigenvalue weighted by atomic mass is 16.8. The molecule has 0 N–H and O–H groups in total. The number of methoxy groups -OCH3 is 1. The van der Waals surface area contributed by atoms with Gasteiger partial charge in [0, 0.05) is 12.5 Å². The molecule has 0 radical (unpaired) electrons. The zero-order valence-corrected chi connectivity index (χ0v) is 28.1. The summed E-state index contributed by atoms with van der Waals surface area (Å²) in [6.07, 6.45) is -5.28. The lowest BCUT2D eigenvalue weighted by Gasteiger charge is -2.23. The third-order valence-corrected chi connectivity index (χ3v) is 5.26. The Morgan fingerprint density at radius 3 is 1.65 bits per heavy atom. The Bertz CT molecular complexity index is 1440. The fraction of sp³-hybridized carbons (Fsp3) is 0.485. The standard InChI is InChI=1S/C33H42O13/c1-19(34)22-14-13-21(39-11)18-24(22)40-27(35)26(43-30(38)46-33(8,9)10)17-20-12-15-23(41-28(36)44-31(2,3)4)25(16-20)42-29(37)45-32(5,6)7/h12-16,18,26H,17H2,1-11H3. The quantitative estimate of drug-likeness (QED) is 0.0902. The van der Waals surface area contributed by atoms with Crippen molar-refractivity contribution in [1.29, 1.82) is 0 Å². The number of rotatable bonds is 9. The van der Waals surface area contributed by atoms with Crippen LogP contribution in [0.4, 0.5) is 14.4 Å². The molecular formula is C33H42O13. The van der Waals surface area contributed by atoms with Gasteiger partial charge >= 0.3 is 24.4 Å². The second-order valence-corrected chi connectivity index (χ2v) is 13.0. The van der Waals surface area contributed by atoms with E-state index >= 15 is 0 Å². The highest BCUT2D eigenvalue weighted by Gasteiger charge is 2.31. The number of hydrogen-bond donors (Lipinski definition) is 0. The minimum absolute atomic E-state index is 0.0851. The molecule has 0 saturated heterocycles. The smallest absolute Gasteiger partial charge is 0.497 e. The molecule has 2 aromatic rings. The molecule has 0 spiro atoms. The molecule has 0 aliphatic rings. The molecule has 0 bridgehead atoms. The van der Waals surface area contributed by atoms with Gasteiger partial charge in [-0.2, -0.15) is 0 Å². The summed E-state index contributed by atoms with van der Waals surface area (Å²) in [5.74, 6) is -1.70. The minimum Gasteiger partial charge on any atom is -0.497 e. The van der Waals surface area contributed by atoms with Crippen LogP contribution in [0, 0.1) is 0 Å². The zero-order chi connectivity index (χ0) is 35.0. The number of benzene rings is 2. The maximum absolute atomic E-state index is 13.5. The first kappa shape index (κ1) is 37.4. The van der Waals surface area contributed by atoms with Gasteiger partial charge < -0.3 is 37.9 Å². The van der Waals surface area contributed by atoms with E-state index in [0.29, 0.717) is 5.75 Å². The summed E-state index contributed by atoms with van der Waals surface area (Å²) in [6.45, 7) is 16.0. The maximum atomic E-state index is 13.5. The lowest BCUT2D eigenvalue weighted by molar-refractivity contribution is -0.146. The second kappa shape index (κ2) is 15.0. The molecule has 0 aliphatic heterocycles. The Labute approximate surface area is 268 Å².